The Kier molecular flexibility index (Phi) is 3.64. The third-order valence-electron chi connectivity index (χ3n) is 4.87. The van der Waals surface area contributed by atoms with Crippen molar-refractivity contribution >= 4 is 21.9 Å². The molecule has 3 heteroatoms. The van der Waals surface area contributed by atoms with Gasteiger partial charge < -0.3 is 4.42 Å². The number of rotatable bonds is 3. The monoisotopic (exact) mass is 357 g/mol. The highest BCUT2D eigenvalue weighted by Crippen LogP contribution is 2.39. The van der Waals surface area contributed by atoms with Gasteiger partial charge in [0.1, 0.15) is 18.2 Å². The van der Waals surface area contributed by atoms with E-state index < -0.39 is 6.37 Å². The lowest BCUT2D eigenvalue weighted by Crippen LogP contribution is -2.30. The molecule has 0 atom stereocenters. The van der Waals surface area contributed by atoms with Crippen LogP contribution in [0.1, 0.15) is 33.3 Å². The fraction of sp³-hybridized carbons (Fsp3) is 0.250. The largest absolute Gasteiger partial charge is 0.455 e. The van der Waals surface area contributed by atoms with Crippen LogP contribution in [0.5, 0.6) is 0 Å². The van der Waals surface area contributed by atoms with Crippen LogP contribution in [0.4, 0.5) is 0 Å². The zero-order valence-electron chi connectivity index (χ0n) is 18.0. The number of nitrogens with zero attached hydrogens (tertiary/aromatic N) is 2. The maximum atomic E-state index is 9.71. The lowest BCUT2D eigenvalue weighted by Gasteiger charge is -2.06. The average molecular weight is 357 g/mol. The highest BCUT2D eigenvalue weighted by Gasteiger charge is 2.22. The summed E-state index contributed by atoms with van der Waals surface area (Å²) in [6.07, 6.45) is 0.409. The zero-order chi connectivity index (χ0) is 20.9. The summed E-state index contributed by atoms with van der Waals surface area (Å²) in [6, 6.07) is 15.6. The second-order valence-corrected chi connectivity index (χ2v) is 7.21. The summed E-state index contributed by atoms with van der Waals surface area (Å²) in [7, 11) is 1.99. The topological polar surface area (TPSA) is 40.8 Å². The molecule has 0 fully saturated rings. The fourth-order valence-electron chi connectivity index (χ4n) is 3.66. The number of hydrogen-bond acceptors (Lipinski definition) is 2. The van der Waals surface area contributed by atoms with E-state index in [0.717, 1.165) is 22.2 Å². The van der Waals surface area contributed by atoms with Crippen LogP contribution in [0, 0.1) is 24.2 Å². The van der Waals surface area contributed by atoms with E-state index in [1.807, 2.05) is 68.9 Å². The Labute approximate surface area is 162 Å². The Bertz CT molecular complexity index is 1300. The molecule has 0 unspecified atom stereocenters. The van der Waals surface area contributed by atoms with Crippen LogP contribution in [-0.2, 0) is 13.4 Å². The minimum absolute atomic E-state index is 0.236. The summed E-state index contributed by atoms with van der Waals surface area (Å²) in [4.78, 5) is 0. The Morgan fingerprint density at radius 1 is 1.15 bits per heavy atom. The third-order valence-corrected chi connectivity index (χ3v) is 4.87. The number of hydrogen-bond donors (Lipinski definition) is 0. The fourth-order valence-corrected chi connectivity index (χ4v) is 3.66. The summed E-state index contributed by atoms with van der Waals surface area (Å²) >= 11 is 0. The number of aryl methyl sites for hydroxylation is 2. The Morgan fingerprint density at radius 3 is 2.67 bits per heavy atom. The van der Waals surface area contributed by atoms with Gasteiger partial charge in [-0.2, -0.15) is 5.26 Å². The molecule has 4 rings (SSSR count). The van der Waals surface area contributed by atoms with Crippen molar-refractivity contribution in [3.8, 4) is 17.3 Å². The number of fused-ring (bicyclic) bond motifs is 3. The first-order valence-electron chi connectivity index (χ1n) is 10.1. The van der Waals surface area contributed by atoms with Crippen LogP contribution < -0.4 is 4.57 Å². The standard InChI is InChI=1S/C24H23N2O/c1-15(2)13-17-9-10-18(14-25)22-19-11-8-16(3)21(24(19)27-23(17)22)20-7-5-6-12-26(20)4/h5-12,15H,13H2,1-4H3/q+1/i13D2. The highest BCUT2D eigenvalue weighted by molar-refractivity contribution is 6.12. The van der Waals surface area contributed by atoms with E-state index in [0.29, 0.717) is 27.7 Å². The SMILES string of the molecule is [2H]C([2H])(c1ccc(C#N)c2c1oc1c(-c3cccc[n+]3C)c(C)ccc12)C(C)C. The predicted octanol–water partition coefficient (Wildman–Crippen LogP) is 5.46. The van der Waals surface area contributed by atoms with E-state index in [4.69, 9.17) is 7.16 Å². The number of nitriles is 1. The van der Waals surface area contributed by atoms with Crippen molar-refractivity contribution < 1.29 is 11.7 Å². The van der Waals surface area contributed by atoms with Gasteiger partial charge in [0, 0.05) is 25.6 Å². The molecule has 0 radical (unpaired) electrons. The van der Waals surface area contributed by atoms with Crippen LogP contribution in [-0.4, -0.2) is 0 Å². The molecule has 0 spiro atoms. The zero-order valence-corrected chi connectivity index (χ0v) is 16.0. The molecule has 134 valence electrons. The normalized spacial score (nSPS) is 13.0. The summed E-state index contributed by atoms with van der Waals surface area (Å²) < 4.78 is 25.7. The number of furan rings is 1. The van der Waals surface area contributed by atoms with Gasteiger partial charge in [-0.25, -0.2) is 4.57 Å². The third kappa shape index (κ3) is 2.78. The van der Waals surface area contributed by atoms with Crippen molar-refractivity contribution in [2.24, 2.45) is 13.0 Å². The number of aromatic nitrogens is 1. The Hall–Kier alpha value is -3.12. The van der Waals surface area contributed by atoms with Crippen LogP contribution in [0.25, 0.3) is 33.2 Å². The lowest BCUT2D eigenvalue weighted by atomic mass is 9.96. The predicted molar refractivity (Wildman–Crippen MR) is 108 cm³/mol. The molecule has 3 nitrogen and oxygen atoms in total. The Morgan fingerprint density at radius 2 is 1.96 bits per heavy atom. The van der Waals surface area contributed by atoms with Gasteiger partial charge in [0.15, 0.2) is 6.20 Å². The van der Waals surface area contributed by atoms with Crippen molar-refractivity contribution in [2.45, 2.75) is 27.1 Å². The molecule has 0 saturated heterocycles. The summed E-state index contributed by atoms with van der Waals surface area (Å²) in [6.45, 7) is 5.74. The molecule has 2 aromatic heterocycles. The van der Waals surface area contributed by atoms with Crippen molar-refractivity contribution in [3.05, 3.63) is 65.4 Å². The molecule has 0 saturated carbocycles. The van der Waals surface area contributed by atoms with Gasteiger partial charge in [-0.05, 0) is 42.5 Å². The lowest BCUT2D eigenvalue weighted by molar-refractivity contribution is -0.660. The minimum Gasteiger partial charge on any atom is -0.455 e. The number of pyridine rings is 1. The molecule has 0 aliphatic heterocycles. The van der Waals surface area contributed by atoms with Crippen LogP contribution in [0.15, 0.2) is 53.1 Å². The molecule has 4 aromatic rings. The minimum atomic E-state index is -1.58. The first kappa shape index (κ1) is 15.0. The molecule has 0 bridgehead atoms. The smallest absolute Gasteiger partial charge is 0.216 e. The molecule has 2 aromatic carbocycles. The maximum Gasteiger partial charge on any atom is 0.216 e. The van der Waals surface area contributed by atoms with Gasteiger partial charge in [-0.15, -0.1) is 0 Å². The Balaban J connectivity index is 2.19. The van der Waals surface area contributed by atoms with Gasteiger partial charge in [-0.3, -0.25) is 0 Å². The molecule has 2 heterocycles. The van der Waals surface area contributed by atoms with E-state index in [1.165, 1.54) is 0 Å². The van der Waals surface area contributed by atoms with E-state index >= 15 is 0 Å². The van der Waals surface area contributed by atoms with Crippen molar-refractivity contribution in [2.75, 3.05) is 0 Å². The summed E-state index contributed by atoms with van der Waals surface area (Å²) in [5.74, 6) is -0.236. The molecule has 0 aliphatic rings. The van der Waals surface area contributed by atoms with Crippen molar-refractivity contribution in [1.82, 2.24) is 0 Å². The van der Waals surface area contributed by atoms with E-state index in [9.17, 15) is 5.26 Å². The second-order valence-electron chi connectivity index (χ2n) is 7.21. The highest BCUT2D eigenvalue weighted by atomic mass is 16.3. The molecule has 0 N–H and O–H groups in total. The second kappa shape index (κ2) is 6.55. The van der Waals surface area contributed by atoms with Crippen molar-refractivity contribution in [1.29, 1.82) is 5.26 Å². The first-order chi connectivity index (χ1) is 13.8. The summed E-state index contributed by atoms with van der Waals surface area (Å²) in [5, 5.41) is 11.2. The molecular weight excluding hydrogens is 332 g/mol. The van der Waals surface area contributed by atoms with Gasteiger partial charge >= 0.3 is 0 Å². The van der Waals surface area contributed by atoms with E-state index in [2.05, 4.69) is 6.07 Å². The number of benzene rings is 2. The average Bonchev–Trinajstić information content (AvgIpc) is 3.07. The van der Waals surface area contributed by atoms with Crippen LogP contribution in [0.2, 0.25) is 0 Å². The molecule has 0 amide bonds. The quantitative estimate of drug-likeness (QED) is 0.457. The van der Waals surface area contributed by atoms with E-state index in [1.54, 1.807) is 12.1 Å². The summed E-state index contributed by atoms with van der Waals surface area (Å²) in [5.41, 5.74) is 5.15. The van der Waals surface area contributed by atoms with Crippen LogP contribution >= 0.6 is 0 Å². The first-order valence-corrected chi connectivity index (χ1v) is 9.11. The van der Waals surface area contributed by atoms with Crippen molar-refractivity contribution in [3.63, 3.8) is 0 Å². The van der Waals surface area contributed by atoms with Gasteiger partial charge in [-0.1, -0.05) is 32.0 Å². The maximum absolute atomic E-state index is 9.71. The van der Waals surface area contributed by atoms with E-state index in [-0.39, 0.29) is 5.92 Å². The van der Waals surface area contributed by atoms with Crippen LogP contribution in [0.3, 0.4) is 0 Å². The molecule has 27 heavy (non-hydrogen) atoms. The molecule has 0 aliphatic carbocycles. The molecular formula is C24H23N2O+. The van der Waals surface area contributed by atoms with Gasteiger partial charge in [0.05, 0.1) is 17.2 Å². The van der Waals surface area contributed by atoms with Gasteiger partial charge in [0.2, 0.25) is 5.69 Å². The van der Waals surface area contributed by atoms with Gasteiger partial charge in [0.25, 0.3) is 0 Å².